The van der Waals surface area contributed by atoms with Crippen molar-refractivity contribution < 1.29 is 4.79 Å². The number of carbonyl (C=O) groups excluding carboxylic acids is 1. The van der Waals surface area contributed by atoms with Gasteiger partial charge in [-0.25, -0.2) is 0 Å². The summed E-state index contributed by atoms with van der Waals surface area (Å²) in [6.45, 7) is 4.16. The van der Waals surface area contributed by atoms with Gasteiger partial charge in [-0.15, -0.1) is 0 Å². The third-order valence-corrected chi connectivity index (χ3v) is 3.37. The molecule has 0 bridgehead atoms. The van der Waals surface area contributed by atoms with Crippen LogP contribution >= 0.6 is 0 Å². The molecule has 1 fully saturated rings. The Hall–Kier alpha value is -1.58. The van der Waals surface area contributed by atoms with Gasteiger partial charge in [-0.1, -0.05) is 0 Å². The first-order valence-corrected chi connectivity index (χ1v) is 5.99. The SMILES string of the molecule is CNc1ccncc1C(=O)NC(C)(C)C1CC1. The standard InChI is InChI=1S/C13H19N3O/c1-13(2,9-4-5-9)16-12(17)10-8-15-7-6-11(10)14-3/h6-9H,4-5H2,1-3H3,(H,14,15)(H,16,17). The Bertz CT molecular complexity index is 424. The van der Waals surface area contributed by atoms with E-state index in [1.54, 1.807) is 25.5 Å². The first-order valence-electron chi connectivity index (χ1n) is 5.99. The molecule has 2 rings (SSSR count). The lowest BCUT2D eigenvalue weighted by Gasteiger charge is -2.26. The van der Waals surface area contributed by atoms with Crippen molar-refractivity contribution in [3.05, 3.63) is 24.0 Å². The van der Waals surface area contributed by atoms with Crippen LogP contribution in [-0.2, 0) is 0 Å². The van der Waals surface area contributed by atoms with Crippen LogP contribution in [-0.4, -0.2) is 23.5 Å². The molecule has 0 spiro atoms. The molecule has 92 valence electrons. The summed E-state index contributed by atoms with van der Waals surface area (Å²) in [7, 11) is 1.80. The monoisotopic (exact) mass is 233 g/mol. The van der Waals surface area contributed by atoms with E-state index in [2.05, 4.69) is 29.5 Å². The molecule has 0 saturated heterocycles. The fraction of sp³-hybridized carbons (Fsp3) is 0.538. The maximum atomic E-state index is 12.2. The highest BCUT2D eigenvalue weighted by Crippen LogP contribution is 2.39. The summed E-state index contributed by atoms with van der Waals surface area (Å²) in [5.41, 5.74) is 1.28. The molecule has 0 aliphatic heterocycles. The summed E-state index contributed by atoms with van der Waals surface area (Å²) in [5.74, 6) is 0.556. The number of rotatable bonds is 4. The highest BCUT2D eigenvalue weighted by molar-refractivity contribution is 5.99. The molecule has 0 aromatic carbocycles. The van der Waals surface area contributed by atoms with E-state index in [1.165, 1.54) is 12.8 Å². The minimum Gasteiger partial charge on any atom is -0.387 e. The number of nitrogens with zero attached hydrogens (tertiary/aromatic N) is 1. The Labute approximate surface area is 102 Å². The summed E-state index contributed by atoms with van der Waals surface area (Å²) in [6.07, 6.45) is 5.69. The van der Waals surface area contributed by atoms with E-state index >= 15 is 0 Å². The van der Waals surface area contributed by atoms with Crippen LogP contribution in [0.2, 0.25) is 0 Å². The lowest BCUT2D eigenvalue weighted by atomic mass is 9.98. The second-order valence-corrected chi connectivity index (χ2v) is 5.12. The lowest BCUT2D eigenvalue weighted by Crippen LogP contribution is -2.45. The minimum atomic E-state index is -0.127. The number of nitrogens with one attached hydrogen (secondary N) is 2. The molecule has 1 aliphatic carbocycles. The maximum absolute atomic E-state index is 12.2. The van der Waals surface area contributed by atoms with E-state index in [0.29, 0.717) is 11.5 Å². The predicted octanol–water partition coefficient (Wildman–Crippen LogP) is 2.04. The minimum absolute atomic E-state index is 0.0562. The van der Waals surface area contributed by atoms with E-state index < -0.39 is 0 Å². The highest BCUT2D eigenvalue weighted by atomic mass is 16.1. The predicted molar refractivity (Wildman–Crippen MR) is 68.1 cm³/mol. The fourth-order valence-electron chi connectivity index (χ4n) is 2.06. The van der Waals surface area contributed by atoms with Crippen molar-refractivity contribution in [2.45, 2.75) is 32.2 Å². The van der Waals surface area contributed by atoms with Gasteiger partial charge >= 0.3 is 0 Å². The normalized spacial score (nSPS) is 15.5. The average molecular weight is 233 g/mol. The molecule has 17 heavy (non-hydrogen) atoms. The van der Waals surface area contributed by atoms with Gasteiger partial charge in [0.05, 0.1) is 5.56 Å². The maximum Gasteiger partial charge on any atom is 0.255 e. The van der Waals surface area contributed by atoms with Crippen molar-refractivity contribution in [2.75, 3.05) is 12.4 Å². The summed E-state index contributed by atoms with van der Waals surface area (Å²) in [6, 6.07) is 1.80. The van der Waals surface area contributed by atoms with Gasteiger partial charge in [-0.3, -0.25) is 9.78 Å². The second kappa shape index (κ2) is 4.35. The van der Waals surface area contributed by atoms with Gasteiger partial charge in [0.2, 0.25) is 0 Å². The highest BCUT2D eigenvalue weighted by Gasteiger charge is 2.39. The number of aromatic nitrogens is 1. The van der Waals surface area contributed by atoms with Crippen LogP contribution < -0.4 is 10.6 Å². The van der Waals surface area contributed by atoms with Gasteiger partial charge in [0.25, 0.3) is 5.91 Å². The Kier molecular flexibility index (Phi) is 3.05. The Morgan fingerprint density at radius 1 is 1.47 bits per heavy atom. The summed E-state index contributed by atoms with van der Waals surface area (Å²) in [4.78, 5) is 16.2. The molecule has 1 saturated carbocycles. The molecule has 0 unspecified atom stereocenters. The Morgan fingerprint density at radius 2 is 2.18 bits per heavy atom. The van der Waals surface area contributed by atoms with Crippen LogP contribution in [0.4, 0.5) is 5.69 Å². The molecule has 2 N–H and O–H groups in total. The average Bonchev–Trinajstić information content (AvgIpc) is 3.12. The van der Waals surface area contributed by atoms with Crippen LogP contribution in [0.3, 0.4) is 0 Å². The van der Waals surface area contributed by atoms with E-state index in [-0.39, 0.29) is 11.4 Å². The van der Waals surface area contributed by atoms with Crippen LogP contribution in [0.15, 0.2) is 18.5 Å². The fourth-order valence-corrected chi connectivity index (χ4v) is 2.06. The molecule has 0 atom stereocenters. The molecule has 1 heterocycles. The van der Waals surface area contributed by atoms with Crippen LogP contribution in [0.25, 0.3) is 0 Å². The van der Waals surface area contributed by atoms with E-state index in [0.717, 1.165) is 5.69 Å². The van der Waals surface area contributed by atoms with Crippen molar-refractivity contribution in [2.24, 2.45) is 5.92 Å². The smallest absolute Gasteiger partial charge is 0.255 e. The molecular weight excluding hydrogens is 214 g/mol. The number of hydrogen-bond acceptors (Lipinski definition) is 3. The third-order valence-electron chi connectivity index (χ3n) is 3.37. The molecule has 0 radical (unpaired) electrons. The summed E-state index contributed by atoms with van der Waals surface area (Å²) in [5, 5.41) is 6.10. The molecule has 1 aromatic heterocycles. The molecular formula is C13H19N3O. The van der Waals surface area contributed by atoms with Crippen molar-refractivity contribution in [1.82, 2.24) is 10.3 Å². The quantitative estimate of drug-likeness (QED) is 0.836. The topological polar surface area (TPSA) is 54.0 Å². The third kappa shape index (κ3) is 2.57. The number of pyridine rings is 1. The van der Waals surface area contributed by atoms with Crippen LogP contribution in [0, 0.1) is 5.92 Å². The Morgan fingerprint density at radius 3 is 2.76 bits per heavy atom. The van der Waals surface area contributed by atoms with Gasteiger partial charge in [0.1, 0.15) is 0 Å². The zero-order valence-corrected chi connectivity index (χ0v) is 10.6. The first-order chi connectivity index (χ1) is 8.04. The van der Waals surface area contributed by atoms with E-state index in [1.807, 2.05) is 0 Å². The lowest BCUT2D eigenvalue weighted by molar-refractivity contribution is 0.0904. The van der Waals surface area contributed by atoms with Gasteiger partial charge in [0, 0.05) is 30.7 Å². The summed E-state index contributed by atoms with van der Waals surface area (Å²) < 4.78 is 0. The van der Waals surface area contributed by atoms with E-state index in [4.69, 9.17) is 0 Å². The zero-order chi connectivity index (χ0) is 12.5. The second-order valence-electron chi connectivity index (χ2n) is 5.12. The number of amides is 1. The van der Waals surface area contributed by atoms with Crippen molar-refractivity contribution in [1.29, 1.82) is 0 Å². The summed E-state index contributed by atoms with van der Waals surface area (Å²) >= 11 is 0. The molecule has 1 amide bonds. The molecule has 4 nitrogen and oxygen atoms in total. The molecule has 1 aliphatic rings. The number of carbonyl (C=O) groups is 1. The van der Waals surface area contributed by atoms with E-state index in [9.17, 15) is 4.79 Å². The van der Waals surface area contributed by atoms with Crippen molar-refractivity contribution in [3.8, 4) is 0 Å². The van der Waals surface area contributed by atoms with Gasteiger partial charge in [0.15, 0.2) is 0 Å². The number of anilines is 1. The largest absolute Gasteiger partial charge is 0.387 e. The van der Waals surface area contributed by atoms with Gasteiger partial charge in [-0.2, -0.15) is 0 Å². The van der Waals surface area contributed by atoms with Crippen LogP contribution in [0.5, 0.6) is 0 Å². The molecule has 1 aromatic rings. The van der Waals surface area contributed by atoms with Crippen LogP contribution in [0.1, 0.15) is 37.0 Å². The van der Waals surface area contributed by atoms with Crippen molar-refractivity contribution in [3.63, 3.8) is 0 Å². The van der Waals surface area contributed by atoms with Gasteiger partial charge in [-0.05, 0) is 38.7 Å². The molecule has 4 heteroatoms. The zero-order valence-electron chi connectivity index (χ0n) is 10.6. The Balaban J connectivity index is 2.14. The number of hydrogen-bond donors (Lipinski definition) is 2. The first kappa shape index (κ1) is 11.9. The van der Waals surface area contributed by atoms with Gasteiger partial charge < -0.3 is 10.6 Å². The van der Waals surface area contributed by atoms with Crippen molar-refractivity contribution >= 4 is 11.6 Å².